The van der Waals surface area contributed by atoms with Crippen LogP contribution >= 0.6 is 0 Å². The molecule has 2 nitrogen and oxygen atoms in total. The van der Waals surface area contributed by atoms with Crippen LogP contribution < -0.4 is 5.32 Å². The van der Waals surface area contributed by atoms with Crippen LogP contribution in [0, 0.1) is 0 Å². The van der Waals surface area contributed by atoms with E-state index in [2.05, 4.69) is 30.6 Å². The van der Waals surface area contributed by atoms with Gasteiger partial charge in [-0.2, -0.15) is 0 Å². The number of nitrogens with one attached hydrogen (secondary N) is 1. The van der Waals surface area contributed by atoms with Crippen molar-refractivity contribution in [1.82, 2.24) is 10.2 Å². The van der Waals surface area contributed by atoms with E-state index in [1.807, 2.05) is 0 Å². The van der Waals surface area contributed by atoms with Gasteiger partial charge in [0.05, 0.1) is 0 Å². The molecule has 0 heterocycles. The van der Waals surface area contributed by atoms with Gasteiger partial charge in [-0.05, 0) is 31.5 Å². The molecule has 0 amide bonds. The van der Waals surface area contributed by atoms with Crippen LogP contribution in [0.3, 0.4) is 0 Å². The Kier molecular flexibility index (Phi) is 5.96. The van der Waals surface area contributed by atoms with E-state index in [9.17, 15) is 0 Å². The Hall–Kier alpha value is -0.340. The van der Waals surface area contributed by atoms with Crippen molar-refractivity contribution in [3.05, 3.63) is 12.2 Å². The highest BCUT2D eigenvalue weighted by atomic mass is 15.2. The molecule has 0 aromatic rings. The van der Waals surface area contributed by atoms with Crippen molar-refractivity contribution in [1.29, 1.82) is 0 Å². The topological polar surface area (TPSA) is 15.3 Å². The molecule has 1 aliphatic carbocycles. The number of hydrogen-bond acceptors (Lipinski definition) is 2. The molecule has 1 aliphatic rings. The van der Waals surface area contributed by atoms with Crippen LogP contribution in [0.1, 0.15) is 39.5 Å². The minimum Gasteiger partial charge on any atom is -0.313 e. The largest absolute Gasteiger partial charge is 0.313 e. The molecule has 0 aliphatic heterocycles. The standard InChI is InChI=1S/C13H26N2/c1-4-14-10-12(3)11-15(5-2)13-8-6-7-9-13/h13-14H,3-11H2,1-2H3. The third-order valence-corrected chi connectivity index (χ3v) is 3.30. The highest BCUT2D eigenvalue weighted by Gasteiger charge is 2.21. The van der Waals surface area contributed by atoms with Crippen LogP contribution in [-0.2, 0) is 0 Å². The van der Waals surface area contributed by atoms with E-state index in [1.54, 1.807) is 0 Å². The van der Waals surface area contributed by atoms with Crippen LogP contribution in [0.15, 0.2) is 12.2 Å². The molecule has 0 aromatic carbocycles. The van der Waals surface area contributed by atoms with Gasteiger partial charge in [0.25, 0.3) is 0 Å². The molecule has 1 saturated carbocycles. The smallest absolute Gasteiger partial charge is 0.0205 e. The van der Waals surface area contributed by atoms with Gasteiger partial charge in [0.1, 0.15) is 0 Å². The van der Waals surface area contributed by atoms with E-state index in [1.165, 1.54) is 31.3 Å². The van der Waals surface area contributed by atoms with Gasteiger partial charge in [0.2, 0.25) is 0 Å². The SMILES string of the molecule is C=C(CNCC)CN(CC)C1CCCC1. The first-order valence-corrected chi connectivity index (χ1v) is 6.39. The van der Waals surface area contributed by atoms with Crippen molar-refractivity contribution in [2.45, 2.75) is 45.6 Å². The second kappa shape index (κ2) is 7.02. The van der Waals surface area contributed by atoms with Gasteiger partial charge in [0, 0.05) is 19.1 Å². The minimum absolute atomic E-state index is 0.827. The zero-order chi connectivity index (χ0) is 11.1. The quantitative estimate of drug-likeness (QED) is 0.649. The van der Waals surface area contributed by atoms with Gasteiger partial charge in [-0.1, -0.05) is 33.3 Å². The zero-order valence-corrected chi connectivity index (χ0v) is 10.4. The second-order valence-electron chi connectivity index (χ2n) is 4.53. The Morgan fingerprint density at radius 2 is 2.00 bits per heavy atom. The van der Waals surface area contributed by atoms with E-state index in [4.69, 9.17) is 0 Å². The van der Waals surface area contributed by atoms with Crippen LogP contribution in [0.4, 0.5) is 0 Å². The summed E-state index contributed by atoms with van der Waals surface area (Å²) in [5.74, 6) is 0. The molecule has 0 spiro atoms. The maximum Gasteiger partial charge on any atom is 0.0205 e. The van der Waals surface area contributed by atoms with Crippen molar-refractivity contribution >= 4 is 0 Å². The molecule has 0 aromatic heterocycles. The highest BCUT2D eigenvalue weighted by Crippen LogP contribution is 2.23. The lowest BCUT2D eigenvalue weighted by Gasteiger charge is -2.28. The van der Waals surface area contributed by atoms with Gasteiger partial charge in [0.15, 0.2) is 0 Å². The lowest BCUT2D eigenvalue weighted by atomic mass is 10.2. The first-order chi connectivity index (χ1) is 7.27. The molecule has 15 heavy (non-hydrogen) atoms. The van der Waals surface area contributed by atoms with Gasteiger partial charge in [-0.15, -0.1) is 0 Å². The summed E-state index contributed by atoms with van der Waals surface area (Å²) in [6.45, 7) is 12.8. The van der Waals surface area contributed by atoms with Gasteiger partial charge in [-0.25, -0.2) is 0 Å². The summed E-state index contributed by atoms with van der Waals surface area (Å²) in [5.41, 5.74) is 1.32. The molecule has 0 saturated heterocycles. The molecule has 1 fully saturated rings. The average molecular weight is 210 g/mol. The Balaban J connectivity index is 2.28. The number of rotatable bonds is 7. The number of nitrogens with zero attached hydrogens (tertiary/aromatic N) is 1. The fraction of sp³-hybridized carbons (Fsp3) is 0.846. The fourth-order valence-corrected chi connectivity index (χ4v) is 2.41. The Morgan fingerprint density at radius 3 is 2.53 bits per heavy atom. The normalized spacial score (nSPS) is 17.5. The molecular formula is C13H26N2. The van der Waals surface area contributed by atoms with Crippen LogP contribution in [0.5, 0.6) is 0 Å². The first kappa shape index (κ1) is 12.7. The van der Waals surface area contributed by atoms with Crippen molar-refractivity contribution in [3.8, 4) is 0 Å². The van der Waals surface area contributed by atoms with Crippen LogP contribution in [0.2, 0.25) is 0 Å². The van der Waals surface area contributed by atoms with Crippen LogP contribution in [-0.4, -0.2) is 37.1 Å². The summed E-state index contributed by atoms with van der Waals surface area (Å²) >= 11 is 0. The van der Waals surface area contributed by atoms with Gasteiger partial charge >= 0.3 is 0 Å². The monoisotopic (exact) mass is 210 g/mol. The minimum atomic E-state index is 0.827. The lowest BCUT2D eigenvalue weighted by molar-refractivity contribution is 0.225. The van der Waals surface area contributed by atoms with Crippen molar-refractivity contribution in [2.24, 2.45) is 0 Å². The third kappa shape index (κ3) is 4.35. The highest BCUT2D eigenvalue weighted by molar-refractivity contribution is 5.00. The summed E-state index contributed by atoms with van der Waals surface area (Å²) in [6, 6.07) is 0.827. The maximum absolute atomic E-state index is 4.15. The molecule has 0 bridgehead atoms. The molecule has 0 unspecified atom stereocenters. The van der Waals surface area contributed by atoms with E-state index < -0.39 is 0 Å². The van der Waals surface area contributed by atoms with E-state index >= 15 is 0 Å². The van der Waals surface area contributed by atoms with Crippen molar-refractivity contribution in [2.75, 3.05) is 26.2 Å². The number of likely N-dealkylation sites (N-methyl/N-ethyl adjacent to an activating group) is 2. The molecule has 88 valence electrons. The summed E-state index contributed by atoms with van der Waals surface area (Å²) in [4.78, 5) is 2.59. The van der Waals surface area contributed by atoms with Crippen molar-refractivity contribution < 1.29 is 0 Å². The summed E-state index contributed by atoms with van der Waals surface area (Å²) in [7, 11) is 0. The molecule has 0 atom stereocenters. The third-order valence-electron chi connectivity index (χ3n) is 3.30. The second-order valence-corrected chi connectivity index (χ2v) is 4.53. The Bertz CT molecular complexity index is 183. The van der Waals surface area contributed by atoms with Crippen molar-refractivity contribution in [3.63, 3.8) is 0 Å². The molecule has 2 heteroatoms. The molecule has 0 radical (unpaired) electrons. The Labute approximate surface area is 94.7 Å². The fourth-order valence-electron chi connectivity index (χ4n) is 2.41. The summed E-state index contributed by atoms with van der Waals surface area (Å²) in [5, 5.41) is 3.34. The number of hydrogen-bond donors (Lipinski definition) is 1. The van der Waals surface area contributed by atoms with Gasteiger partial charge in [-0.3, -0.25) is 4.90 Å². The summed E-state index contributed by atoms with van der Waals surface area (Å²) in [6.07, 6.45) is 5.62. The van der Waals surface area contributed by atoms with E-state index in [0.717, 1.165) is 32.2 Å². The van der Waals surface area contributed by atoms with Crippen LogP contribution in [0.25, 0.3) is 0 Å². The molecule has 1 rings (SSSR count). The molecular weight excluding hydrogens is 184 g/mol. The zero-order valence-electron chi connectivity index (χ0n) is 10.4. The van der Waals surface area contributed by atoms with E-state index in [-0.39, 0.29) is 0 Å². The summed E-state index contributed by atoms with van der Waals surface area (Å²) < 4.78 is 0. The molecule has 1 N–H and O–H groups in total. The van der Waals surface area contributed by atoms with E-state index in [0.29, 0.717) is 0 Å². The lowest BCUT2D eigenvalue weighted by Crippen LogP contribution is -2.36. The first-order valence-electron chi connectivity index (χ1n) is 6.39. The predicted molar refractivity (Wildman–Crippen MR) is 67.2 cm³/mol. The average Bonchev–Trinajstić information content (AvgIpc) is 2.76. The van der Waals surface area contributed by atoms with Gasteiger partial charge < -0.3 is 5.32 Å². The Morgan fingerprint density at radius 1 is 1.33 bits per heavy atom. The predicted octanol–water partition coefficient (Wildman–Crippen LogP) is 2.42. The maximum atomic E-state index is 4.15.